The fourth-order valence-electron chi connectivity index (χ4n) is 3.59. The molecular formula is C22H22N2O2S. The van der Waals surface area contributed by atoms with Crippen LogP contribution in [-0.2, 0) is 6.42 Å². The van der Waals surface area contributed by atoms with Gasteiger partial charge in [0, 0.05) is 21.9 Å². The van der Waals surface area contributed by atoms with Crippen LogP contribution < -0.4 is 15.6 Å². The van der Waals surface area contributed by atoms with Crippen LogP contribution in [0.3, 0.4) is 0 Å². The van der Waals surface area contributed by atoms with Gasteiger partial charge in [0.1, 0.15) is 10.4 Å². The summed E-state index contributed by atoms with van der Waals surface area (Å²) in [6, 6.07) is 14.5. The number of methoxy groups -OCH3 is 1. The Bertz CT molecular complexity index is 1140. The van der Waals surface area contributed by atoms with E-state index in [1.165, 1.54) is 16.9 Å². The van der Waals surface area contributed by atoms with E-state index in [9.17, 15) is 4.79 Å². The summed E-state index contributed by atoms with van der Waals surface area (Å²) in [5.74, 6) is 0.810. The Kier molecular flexibility index (Phi) is 4.97. The van der Waals surface area contributed by atoms with Crippen LogP contribution in [0.5, 0.6) is 5.75 Å². The molecule has 4 nitrogen and oxygen atoms in total. The average Bonchev–Trinajstić information content (AvgIpc) is 3.19. The van der Waals surface area contributed by atoms with Gasteiger partial charge >= 0.3 is 0 Å². The molecule has 0 aliphatic rings. The molecule has 27 heavy (non-hydrogen) atoms. The fraction of sp³-hybridized carbons (Fsp3) is 0.227. The molecule has 0 unspecified atom stereocenters. The molecule has 4 aromatic rings. The Hall–Kier alpha value is -2.63. The van der Waals surface area contributed by atoms with Crippen molar-refractivity contribution < 1.29 is 4.74 Å². The summed E-state index contributed by atoms with van der Waals surface area (Å²) in [6.07, 6.45) is 2.17. The highest BCUT2D eigenvalue weighted by molar-refractivity contribution is 7.17. The standard InChI is InChI=1S/C22H22N2O2S/c1-23-12-3-4-14-5-7-15(8-6-14)19-18(26-2)10-9-17-20(19)16-11-13-27-21(16)22(25)24-17/h5-11,13,23H,3-4,12H2,1-2H3,(H,24,25). The Balaban J connectivity index is 1.89. The van der Waals surface area contributed by atoms with Gasteiger partial charge < -0.3 is 15.0 Å². The van der Waals surface area contributed by atoms with Gasteiger partial charge in [0.05, 0.1) is 7.11 Å². The van der Waals surface area contributed by atoms with E-state index < -0.39 is 0 Å². The first-order valence-corrected chi connectivity index (χ1v) is 9.95. The van der Waals surface area contributed by atoms with Crippen LogP contribution in [0.15, 0.2) is 52.6 Å². The highest BCUT2D eigenvalue weighted by Crippen LogP contribution is 2.40. The molecule has 2 heterocycles. The molecule has 2 aromatic heterocycles. The number of aryl methyl sites for hydroxylation is 1. The number of hydrogen-bond donors (Lipinski definition) is 2. The number of benzene rings is 2. The highest BCUT2D eigenvalue weighted by atomic mass is 32.1. The van der Waals surface area contributed by atoms with Crippen molar-refractivity contribution in [2.24, 2.45) is 0 Å². The van der Waals surface area contributed by atoms with E-state index in [2.05, 4.69) is 34.6 Å². The number of ether oxygens (including phenoxy) is 1. The van der Waals surface area contributed by atoms with Gasteiger partial charge in [-0.15, -0.1) is 11.3 Å². The van der Waals surface area contributed by atoms with Crippen molar-refractivity contribution in [3.05, 3.63) is 63.8 Å². The lowest BCUT2D eigenvalue weighted by molar-refractivity contribution is 0.417. The van der Waals surface area contributed by atoms with Gasteiger partial charge in [-0.2, -0.15) is 0 Å². The van der Waals surface area contributed by atoms with Gasteiger partial charge in [0.2, 0.25) is 0 Å². The number of H-pyrrole nitrogens is 1. The molecule has 0 amide bonds. The molecule has 138 valence electrons. The van der Waals surface area contributed by atoms with Crippen LogP contribution >= 0.6 is 11.3 Å². The summed E-state index contributed by atoms with van der Waals surface area (Å²) >= 11 is 1.47. The minimum atomic E-state index is -0.0384. The van der Waals surface area contributed by atoms with Crippen LogP contribution in [0.4, 0.5) is 0 Å². The van der Waals surface area contributed by atoms with Crippen molar-refractivity contribution in [1.29, 1.82) is 0 Å². The maximum atomic E-state index is 12.3. The zero-order chi connectivity index (χ0) is 18.8. The summed E-state index contributed by atoms with van der Waals surface area (Å²) in [7, 11) is 3.67. The normalized spacial score (nSPS) is 11.3. The molecule has 2 N–H and O–H groups in total. The monoisotopic (exact) mass is 378 g/mol. The van der Waals surface area contributed by atoms with E-state index in [1.54, 1.807) is 7.11 Å². The maximum Gasteiger partial charge on any atom is 0.266 e. The van der Waals surface area contributed by atoms with E-state index in [-0.39, 0.29) is 5.56 Å². The van der Waals surface area contributed by atoms with E-state index in [1.807, 2.05) is 30.6 Å². The molecule has 2 aromatic carbocycles. The number of aromatic amines is 1. The first kappa shape index (κ1) is 17.8. The molecule has 5 heteroatoms. The van der Waals surface area contributed by atoms with E-state index in [0.29, 0.717) is 0 Å². The third-order valence-electron chi connectivity index (χ3n) is 4.91. The minimum Gasteiger partial charge on any atom is -0.496 e. The second kappa shape index (κ2) is 7.55. The summed E-state index contributed by atoms with van der Waals surface area (Å²) in [5, 5.41) is 7.16. The highest BCUT2D eigenvalue weighted by Gasteiger charge is 2.16. The lowest BCUT2D eigenvalue weighted by atomic mass is 9.96. The number of nitrogens with one attached hydrogen (secondary N) is 2. The molecule has 0 bridgehead atoms. The largest absolute Gasteiger partial charge is 0.496 e. The quantitative estimate of drug-likeness (QED) is 0.483. The van der Waals surface area contributed by atoms with Crippen LogP contribution in [0.25, 0.3) is 32.1 Å². The van der Waals surface area contributed by atoms with Crippen LogP contribution in [-0.4, -0.2) is 25.7 Å². The van der Waals surface area contributed by atoms with Crippen LogP contribution in [0.1, 0.15) is 12.0 Å². The Morgan fingerprint density at radius 2 is 1.93 bits per heavy atom. The predicted molar refractivity (Wildman–Crippen MR) is 114 cm³/mol. The fourth-order valence-corrected chi connectivity index (χ4v) is 4.39. The number of thiophene rings is 1. The number of rotatable bonds is 6. The lowest BCUT2D eigenvalue weighted by Crippen LogP contribution is -2.08. The van der Waals surface area contributed by atoms with E-state index >= 15 is 0 Å². The number of pyridine rings is 1. The van der Waals surface area contributed by atoms with Crippen molar-refractivity contribution in [3.8, 4) is 16.9 Å². The molecule has 0 aliphatic carbocycles. The molecule has 0 saturated heterocycles. The molecule has 0 atom stereocenters. The SMILES string of the molecule is CNCCCc1ccc(-c2c(OC)ccc3[nH]c(=O)c4sccc4c23)cc1. The van der Waals surface area contributed by atoms with Crippen molar-refractivity contribution in [1.82, 2.24) is 10.3 Å². The molecule has 4 rings (SSSR count). The zero-order valence-corrected chi connectivity index (χ0v) is 16.3. The van der Waals surface area contributed by atoms with Crippen molar-refractivity contribution >= 4 is 32.3 Å². The summed E-state index contributed by atoms with van der Waals surface area (Å²) < 4.78 is 6.43. The number of aromatic nitrogens is 1. The van der Waals surface area contributed by atoms with E-state index in [4.69, 9.17) is 4.74 Å². The Morgan fingerprint density at radius 3 is 2.67 bits per heavy atom. The topological polar surface area (TPSA) is 54.1 Å². The molecule has 0 aliphatic heterocycles. The molecule has 0 spiro atoms. The molecule has 0 fully saturated rings. The second-order valence-corrected chi connectivity index (χ2v) is 7.50. The summed E-state index contributed by atoms with van der Waals surface area (Å²) in [4.78, 5) is 15.4. The van der Waals surface area contributed by atoms with Gasteiger partial charge in [-0.3, -0.25) is 4.79 Å². The smallest absolute Gasteiger partial charge is 0.266 e. The third-order valence-corrected chi connectivity index (χ3v) is 5.82. The summed E-state index contributed by atoms with van der Waals surface area (Å²) in [5.41, 5.74) is 4.23. The molecular weight excluding hydrogens is 356 g/mol. The van der Waals surface area contributed by atoms with Gasteiger partial charge in [-0.25, -0.2) is 0 Å². The van der Waals surface area contributed by atoms with Gasteiger partial charge in [0.25, 0.3) is 5.56 Å². The Labute approximate surface area is 161 Å². The second-order valence-electron chi connectivity index (χ2n) is 6.59. The van der Waals surface area contributed by atoms with Gasteiger partial charge in [0.15, 0.2) is 0 Å². The molecule has 0 saturated carbocycles. The van der Waals surface area contributed by atoms with Crippen LogP contribution in [0, 0.1) is 0 Å². The van der Waals surface area contributed by atoms with Gasteiger partial charge in [-0.05, 0) is 61.1 Å². The van der Waals surface area contributed by atoms with Crippen molar-refractivity contribution in [2.45, 2.75) is 12.8 Å². The maximum absolute atomic E-state index is 12.3. The zero-order valence-electron chi connectivity index (χ0n) is 15.5. The first-order chi connectivity index (χ1) is 13.2. The third kappa shape index (κ3) is 3.24. The number of fused-ring (bicyclic) bond motifs is 3. The number of hydrogen-bond acceptors (Lipinski definition) is 4. The van der Waals surface area contributed by atoms with E-state index in [0.717, 1.165) is 57.3 Å². The van der Waals surface area contributed by atoms with Crippen molar-refractivity contribution in [2.75, 3.05) is 20.7 Å². The summed E-state index contributed by atoms with van der Waals surface area (Å²) in [6.45, 7) is 1.02. The minimum absolute atomic E-state index is 0.0384. The predicted octanol–water partition coefficient (Wildman–Crippen LogP) is 4.57. The van der Waals surface area contributed by atoms with Crippen LogP contribution in [0.2, 0.25) is 0 Å². The molecule has 0 radical (unpaired) electrons. The Morgan fingerprint density at radius 1 is 1.11 bits per heavy atom. The van der Waals surface area contributed by atoms with Gasteiger partial charge in [-0.1, -0.05) is 24.3 Å². The lowest BCUT2D eigenvalue weighted by Gasteiger charge is -2.14. The average molecular weight is 378 g/mol. The van der Waals surface area contributed by atoms with Crippen molar-refractivity contribution in [3.63, 3.8) is 0 Å². The first-order valence-electron chi connectivity index (χ1n) is 9.07.